The Hall–Kier alpha value is -0.580. The van der Waals surface area contributed by atoms with Crippen LogP contribution in [-0.2, 0) is 0 Å². The molecule has 1 aromatic rings. The van der Waals surface area contributed by atoms with Gasteiger partial charge >= 0.3 is 0 Å². The Morgan fingerprint density at radius 2 is 1.67 bits per heavy atom. The number of alkyl halides is 3. The minimum absolute atomic E-state index is 0.0232. The fourth-order valence-electron chi connectivity index (χ4n) is 0.878. The van der Waals surface area contributed by atoms with Crippen molar-refractivity contribution in [3.8, 4) is 17.4 Å². The summed E-state index contributed by atoms with van der Waals surface area (Å²) < 4.78 is 15.1. The number of hydrogen-bond acceptors (Lipinski definition) is 4. The third kappa shape index (κ3) is 3.81. The van der Waals surface area contributed by atoms with E-state index in [-0.39, 0.29) is 24.1 Å². The van der Waals surface area contributed by atoms with E-state index in [1.165, 1.54) is 6.20 Å². The third-order valence-electron chi connectivity index (χ3n) is 1.42. The molecule has 1 aromatic heterocycles. The van der Waals surface area contributed by atoms with Crippen molar-refractivity contribution in [3.63, 3.8) is 0 Å². The Kier molecular flexibility index (Phi) is 5.68. The maximum atomic E-state index is 5.43. The van der Waals surface area contributed by atoms with Crippen LogP contribution in [0, 0.1) is 0 Å². The molecule has 0 spiro atoms. The largest absolute Gasteiger partial charge is 0.476 e. The smallest absolute Gasteiger partial charge is 0.258 e. The number of aromatic nitrogens is 1. The third-order valence-corrected chi connectivity index (χ3v) is 1.74. The molecule has 7 heteroatoms. The molecule has 0 fully saturated rings. The Morgan fingerprint density at radius 1 is 1.00 bits per heavy atom. The summed E-state index contributed by atoms with van der Waals surface area (Å²) in [6.45, 7) is 0. The van der Waals surface area contributed by atoms with Crippen LogP contribution in [0.25, 0.3) is 0 Å². The summed E-state index contributed by atoms with van der Waals surface area (Å²) in [5.41, 5.74) is 0. The molecule has 1 rings (SSSR count). The molecule has 0 bridgehead atoms. The molecule has 0 aromatic carbocycles. The van der Waals surface area contributed by atoms with E-state index in [1.807, 2.05) is 0 Å². The average Bonchev–Trinajstić information content (AvgIpc) is 2.23. The van der Waals surface area contributed by atoms with Gasteiger partial charge in [-0.15, -0.1) is 0 Å². The average molecular weight is 273 g/mol. The minimum Gasteiger partial charge on any atom is -0.476 e. The molecule has 0 unspecified atom stereocenters. The van der Waals surface area contributed by atoms with Gasteiger partial charge in [0.15, 0.2) is 23.9 Å². The summed E-state index contributed by atoms with van der Waals surface area (Å²) in [7, 11) is 0. The molecule has 0 radical (unpaired) electrons. The Bertz CT molecular complexity index is 311. The fraction of sp³-hybridized carbons (Fsp3) is 0.375. The highest BCUT2D eigenvalue weighted by Gasteiger charge is 2.08. The normalized spacial score (nSPS) is 9.80. The van der Waals surface area contributed by atoms with E-state index < -0.39 is 0 Å². The lowest BCUT2D eigenvalue weighted by Gasteiger charge is -2.09. The van der Waals surface area contributed by atoms with Crippen molar-refractivity contribution in [3.05, 3.63) is 12.3 Å². The van der Waals surface area contributed by atoms with Crippen molar-refractivity contribution in [1.29, 1.82) is 0 Å². The highest BCUT2D eigenvalue weighted by atomic mass is 35.5. The second-order valence-electron chi connectivity index (χ2n) is 2.23. The van der Waals surface area contributed by atoms with Crippen molar-refractivity contribution in [2.75, 3.05) is 18.2 Å². The van der Waals surface area contributed by atoms with Gasteiger partial charge in [-0.3, -0.25) is 0 Å². The molecular formula is C8H8Cl3NO3. The van der Waals surface area contributed by atoms with E-state index in [9.17, 15) is 0 Å². The van der Waals surface area contributed by atoms with Gasteiger partial charge in [0.25, 0.3) is 5.88 Å². The van der Waals surface area contributed by atoms with E-state index in [4.69, 9.17) is 49.0 Å². The summed E-state index contributed by atoms with van der Waals surface area (Å²) in [5, 5.41) is 0. The molecule has 84 valence electrons. The number of nitrogens with zero attached hydrogens (tertiary/aromatic N) is 1. The van der Waals surface area contributed by atoms with E-state index >= 15 is 0 Å². The molecule has 15 heavy (non-hydrogen) atoms. The van der Waals surface area contributed by atoms with E-state index in [0.717, 1.165) is 0 Å². The summed E-state index contributed by atoms with van der Waals surface area (Å²) in [6.07, 6.45) is 1.45. The highest BCUT2D eigenvalue weighted by molar-refractivity contribution is 6.17. The fourth-order valence-corrected chi connectivity index (χ4v) is 1.23. The van der Waals surface area contributed by atoms with Crippen LogP contribution in [0.3, 0.4) is 0 Å². The number of halogens is 3. The lowest BCUT2D eigenvalue weighted by Crippen LogP contribution is -1.99. The highest BCUT2D eigenvalue weighted by Crippen LogP contribution is 2.29. The van der Waals surface area contributed by atoms with Crippen LogP contribution in [0.4, 0.5) is 0 Å². The summed E-state index contributed by atoms with van der Waals surface area (Å²) >= 11 is 16.2. The molecule has 1 heterocycles. The first-order valence-corrected chi connectivity index (χ1v) is 5.48. The van der Waals surface area contributed by atoms with Crippen LogP contribution in [0.15, 0.2) is 12.3 Å². The first kappa shape index (κ1) is 12.5. The van der Waals surface area contributed by atoms with Crippen LogP contribution >= 0.6 is 34.8 Å². The topological polar surface area (TPSA) is 40.6 Å². The molecule has 0 atom stereocenters. The van der Waals surface area contributed by atoms with Crippen molar-refractivity contribution in [1.82, 2.24) is 4.98 Å². The molecule has 0 aliphatic heterocycles. The van der Waals surface area contributed by atoms with Gasteiger partial charge in [-0.1, -0.05) is 34.8 Å². The van der Waals surface area contributed by atoms with Crippen LogP contribution in [0.2, 0.25) is 0 Å². The van der Waals surface area contributed by atoms with Crippen LogP contribution < -0.4 is 14.2 Å². The lowest BCUT2D eigenvalue weighted by molar-refractivity contribution is 0.313. The van der Waals surface area contributed by atoms with E-state index in [2.05, 4.69) is 4.98 Å². The van der Waals surface area contributed by atoms with E-state index in [1.54, 1.807) is 6.07 Å². The Labute approximate surface area is 102 Å². The monoisotopic (exact) mass is 271 g/mol. The van der Waals surface area contributed by atoms with Gasteiger partial charge < -0.3 is 14.2 Å². The Morgan fingerprint density at radius 3 is 2.27 bits per heavy atom. The van der Waals surface area contributed by atoms with Crippen molar-refractivity contribution < 1.29 is 14.2 Å². The van der Waals surface area contributed by atoms with Crippen molar-refractivity contribution in [2.45, 2.75) is 0 Å². The number of hydrogen-bond donors (Lipinski definition) is 0. The SMILES string of the molecule is ClCOc1cnc(OCCl)c(OCCl)c1. The zero-order valence-corrected chi connectivity index (χ0v) is 9.85. The molecule has 0 saturated carbocycles. The summed E-state index contributed by atoms with van der Waals surface area (Å²) in [5.74, 6) is 1.08. The predicted octanol–water partition coefficient (Wildman–Crippen LogP) is 2.81. The molecular weight excluding hydrogens is 264 g/mol. The van der Waals surface area contributed by atoms with Gasteiger partial charge in [0, 0.05) is 6.07 Å². The molecule has 0 N–H and O–H groups in total. The van der Waals surface area contributed by atoms with Crippen LogP contribution in [0.1, 0.15) is 0 Å². The maximum Gasteiger partial charge on any atom is 0.258 e. The summed E-state index contributed by atoms with van der Waals surface area (Å²) in [6, 6.07) is 1.54. The van der Waals surface area contributed by atoms with Crippen molar-refractivity contribution in [2.24, 2.45) is 0 Å². The van der Waals surface area contributed by atoms with Gasteiger partial charge in [0.1, 0.15) is 5.75 Å². The number of ether oxygens (including phenoxy) is 3. The molecule has 0 aliphatic carbocycles. The number of rotatable bonds is 6. The van der Waals surface area contributed by atoms with Crippen LogP contribution in [-0.4, -0.2) is 23.2 Å². The second kappa shape index (κ2) is 6.82. The zero-order chi connectivity index (χ0) is 11.1. The predicted molar refractivity (Wildman–Crippen MR) is 58.3 cm³/mol. The zero-order valence-electron chi connectivity index (χ0n) is 7.58. The maximum absolute atomic E-state index is 5.43. The van der Waals surface area contributed by atoms with Gasteiger partial charge in [-0.05, 0) is 0 Å². The van der Waals surface area contributed by atoms with Gasteiger partial charge in [-0.2, -0.15) is 0 Å². The number of pyridine rings is 1. The summed E-state index contributed by atoms with van der Waals surface area (Å²) in [4.78, 5) is 3.93. The van der Waals surface area contributed by atoms with Crippen molar-refractivity contribution >= 4 is 34.8 Å². The van der Waals surface area contributed by atoms with Gasteiger partial charge in [-0.25, -0.2) is 4.98 Å². The first-order valence-electron chi connectivity index (χ1n) is 3.88. The van der Waals surface area contributed by atoms with Gasteiger partial charge in [0.05, 0.1) is 6.20 Å². The minimum atomic E-state index is -0.0264. The quantitative estimate of drug-likeness (QED) is 0.747. The van der Waals surface area contributed by atoms with E-state index in [0.29, 0.717) is 11.5 Å². The lowest BCUT2D eigenvalue weighted by atomic mass is 10.4. The molecule has 0 aliphatic rings. The first-order chi connectivity index (χ1) is 7.31. The Balaban J connectivity index is 2.87. The van der Waals surface area contributed by atoms with Crippen LogP contribution in [0.5, 0.6) is 17.4 Å². The standard InChI is InChI=1S/C8H8Cl3NO3/c9-3-13-6-1-7(14-4-10)8(12-2-6)15-5-11/h1-2H,3-5H2. The molecule has 0 amide bonds. The molecule has 4 nitrogen and oxygen atoms in total. The van der Waals surface area contributed by atoms with Gasteiger partial charge in [0.2, 0.25) is 0 Å². The molecule has 0 saturated heterocycles. The second-order valence-corrected chi connectivity index (χ2v) is 2.89.